The molecule has 0 aromatic rings. The van der Waals surface area contributed by atoms with E-state index in [4.69, 9.17) is 0 Å². The Labute approximate surface area is 127 Å². The fourth-order valence-electron chi connectivity index (χ4n) is 2.21. The normalized spacial score (nSPS) is 29.4. The molecule has 1 radical (unpaired) electrons. The standard InChI is InChI=1S/C11H18O3.Ac/c1-7-3-4-9(13)10(7)11(14)8(2)5-6-12;/h6-8,10-11,14H,3-5H2,1-2H3;/t7?,8-,10-,11-;/m1./s1. The number of aliphatic hydroxyl groups excluding tert-OH is 1. The van der Waals surface area contributed by atoms with Crippen LogP contribution in [0.25, 0.3) is 0 Å². The van der Waals surface area contributed by atoms with Crippen molar-refractivity contribution < 1.29 is 58.8 Å². The van der Waals surface area contributed by atoms with Crippen molar-refractivity contribution in [1.29, 1.82) is 0 Å². The van der Waals surface area contributed by atoms with Crippen LogP contribution in [-0.2, 0) is 9.59 Å². The van der Waals surface area contributed by atoms with Crippen LogP contribution < -0.4 is 0 Å². The molecule has 4 heteroatoms. The van der Waals surface area contributed by atoms with Gasteiger partial charge in [0.2, 0.25) is 0 Å². The van der Waals surface area contributed by atoms with Crippen molar-refractivity contribution in [2.24, 2.45) is 17.8 Å². The molecule has 1 aliphatic rings. The van der Waals surface area contributed by atoms with E-state index >= 15 is 0 Å². The largest absolute Gasteiger partial charge is 0.392 e. The molecule has 0 aromatic carbocycles. The van der Waals surface area contributed by atoms with Crippen LogP contribution in [-0.4, -0.2) is 23.3 Å². The maximum atomic E-state index is 11.5. The summed E-state index contributed by atoms with van der Waals surface area (Å²) in [5.74, 6) is 0.0568. The Morgan fingerprint density at radius 2 is 2.20 bits per heavy atom. The third kappa shape index (κ3) is 3.91. The molecular formula is C11H18AcO3. The Morgan fingerprint density at radius 3 is 2.60 bits per heavy atom. The predicted molar refractivity (Wildman–Crippen MR) is 52.7 cm³/mol. The second-order valence-electron chi connectivity index (χ2n) is 4.38. The van der Waals surface area contributed by atoms with Gasteiger partial charge in [-0.1, -0.05) is 13.8 Å². The van der Waals surface area contributed by atoms with Crippen molar-refractivity contribution in [3.8, 4) is 0 Å². The molecule has 0 bridgehead atoms. The molecule has 0 aliphatic heterocycles. The third-order valence-electron chi connectivity index (χ3n) is 3.25. The van der Waals surface area contributed by atoms with Crippen LogP contribution in [0.3, 0.4) is 0 Å². The average Bonchev–Trinajstić information content (AvgIpc) is 2.46. The van der Waals surface area contributed by atoms with Crippen molar-refractivity contribution in [2.45, 2.75) is 39.2 Å². The summed E-state index contributed by atoms with van der Waals surface area (Å²) in [7, 11) is 0. The minimum Gasteiger partial charge on any atom is -0.392 e. The topological polar surface area (TPSA) is 54.4 Å². The number of Topliss-reactive ketones (excluding diaryl/α,β-unsaturated/α-hetero) is 1. The molecule has 3 nitrogen and oxygen atoms in total. The van der Waals surface area contributed by atoms with Crippen LogP contribution >= 0.6 is 0 Å². The molecular weight excluding hydrogens is 407 g/mol. The van der Waals surface area contributed by atoms with Crippen LogP contribution in [0.2, 0.25) is 0 Å². The Hall–Kier alpha value is 0.742. The quantitative estimate of drug-likeness (QED) is 0.689. The van der Waals surface area contributed by atoms with Crippen molar-refractivity contribution in [3.05, 3.63) is 0 Å². The number of carbonyl (C=O) groups excluding carboxylic acids is 2. The molecule has 1 N–H and O–H groups in total. The van der Waals surface area contributed by atoms with E-state index in [-0.39, 0.29) is 67.6 Å². The number of aldehydes is 1. The van der Waals surface area contributed by atoms with Gasteiger partial charge in [-0.25, -0.2) is 0 Å². The number of hydrogen-bond acceptors (Lipinski definition) is 3. The number of ketones is 1. The molecule has 1 saturated carbocycles. The summed E-state index contributed by atoms with van der Waals surface area (Å²) in [6, 6.07) is 0. The van der Waals surface area contributed by atoms with E-state index in [1.807, 2.05) is 13.8 Å². The minimum atomic E-state index is -0.648. The first-order chi connectivity index (χ1) is 6.57. The molecule has 0 saturated heterocycles. The van der Waals surface area contributed by atoms with Gasteiger partial charge in [0.05, 0.1) is 6.10 Å². The molecule has 1 unspecified atom stereocenters. The zero-order valence-corrected chi connectivity index (χ0v) is 14.1. The van der Waals surface area contributed by atoms with E-state index in [9.17, 15) is 14.7 Å². The van der Waals surface area contributed by atoms with Gasteiger partial charge in [0, 0.05) is 62.8 Å². The van der Waals surface area contributed by atoms with Crippen LogP contribution in [0.5, 0.6) is 0 Å². The SMILES string of the molecule is CC1CCC(=O)[C@@H]1[C@H](O)[C@H](C)CC=O.[Ac]. The number of rotatable bonds is 4. The number of carbonyl (C=O) groups is 2. The van der Waals surface area contributed by atoms with Gasteiger partial charge in [-0.3, -0.25) is 4.79 Å². The van der Waals surface area contributed by atoms with Gasteiger partial charge in [-0.2, -0.15) is 0 Å². The second-order valence-corrected chi connectivity index (χ2v) is 4.38. The average molecular weight is 425 g/mol. The zero-order valence-electron chi connectivity index (χ0n) is 9.35. The van der Waals surface area contributed by atoms with E-state index in [1.54, 1.807) is 0 Å². The van der Waals surface area contributed by atoms with Gasteiger partial charge < -0.3 is 9.90 Å². The van der Waals surface area contributed by atoms with Crippen molar-refractivity contribution in [3.63, 3.8) is 0 Å². The maximum Gasteiger partial charge on any atom is 0.138 e. The summed E-state index contributed by atoms with van der Waals surface area (Å²) in [5, 5.41) is 9.91. The van der Waals surface area contributed by atoms with Gasteiger partial charge in [0.1, 0.15) is 12.1 Å². The smallest absolute Gasteiger partial charge is 0.138 e. The Morgan fingerprint density at radius 1 is 1.60 bits per heavy atom. The van der Waals surface area contributed by atoms with E-state index < -0.39 is 6.10 Å². The van der Waals surface area contributed by atoms with Gasteiger partial charge in [-0.05, 0) is 18.3 Å². The molecule has 0 aromatic heterocycles. The molecule has 0 heterocycles. The number of aliphatic hydroxyl groups is 1. The van der Waals surface area contributed by atoms with E-state index in [0.717, 1.165) is 12.7 Å². The first-order valence-corrected chi connectivity index (χ1v) is 5.22. The molecule has 1 aliphatic carbocycles. The number of hydrogen-bond donors (Lipinski definition) is 1. The van der Waals surface area contributed by atoms with Gasteiger partial charge >= 0.3 is 0 Å². The van der Waals surface area contributed by atoms with Crippen LogP contribution in [0.15, 0.2) is 0 Å². The molecule has 15 heavy (non-hydrogen) atoms. The predicted octanol–water partition coefficient (Wildman–Crippen LogP) is 1.19. The first-order valence-electron chi connectivity index (χ1n) is 5.22. The van der Waals surface area contributed by atoms with Crippen molar-refractivity contribution >= 4 is 12.1 Å². The van der Waals surface area contributed by atoms with E-state index in [1.165, 1.54) is 0 Å². The van der Waals surface area contributed by atoms with E-state index in [2.05, 4.69) is 0 Å². The van der Waals surface area contributed by atoms with Crippen LogP contribution in [0.4, 0.5) is 0 Å². The van der Waals surface area contributed by atoms with Crippen LogP contribution in [0, 0.1) is 61.8 Å². The third-order valence-corrected chi connectivity index (χ3v) is 3.25. The van der Waals surface area contributed by atoms with Gasteiger partial charge in [0.25, 0.3) is 0 Å². The first kappa shape index (κ1) is 15.7. The molecule has 0 amide bonds. The van der Waals surface area contributed by atoms with Gasteiger partial charge in [0.15, 0.2) is 0 Å². The summed E-state index contributed by atoms with van der Waals surface area (Å²) in [5.41, 5.74) is 0. The maximum absolute atomic E-state index is 11.5. The molecule has 83 valence electrons. The fourth-order valence-corrected chi connectivity index (χ4v) is 2.21. The van der Waals surface area contributed by atoms with Crippen LogP contribution in [0.1, 0.15) is 33.1 Å². The van der Waals surface area contributed by atoms with Gasteiger partial charge in [-0.15, -0.1) is 0 Å². The Bertz CT molecular complexity index is 230. The van der Waals surface area contributed by atoms with E-state index in [0.29, 0.717) is 12.8 Å². The molecule has 1 fully saturated rings. The Balaban J connectivity index is 0.00000196. The second kappa shape index (κ2) is 7.14. The van der Waals surface area contributed by atoms with Crippen molar-refractivity contribution in [2.75, 3.05) is 0 Å². The summed E-state index contributed by atoms with van der Waals surface area (Å²) in [6.07, 6.45) is 1.94. The summed E-state index contributed by atoms with van der Waals surface area (Å²) in [4.78, 5) is 21.8. The fraction of sp³-hybridized carbons (Fsp3) is 0.818. The molecule has 0 spiro atoms. The molecule has 4 atom stereocenters. The zero-order chi connectivity index (χ0) is 10.7. The Kier molecular flexibility index (Phi) is 7.50. The summed E-state index contributed by atoms with van der Waals surface area (Å²) >= 11 is 0. The summed E-state index contributed by atoms with van der Waals surface area (Å²) in [6.45, 7) is 3.81. The minimum absolute atomic E-state index is 0. The summed E-state index contributed by atoms with van der Waals surface area (Å²) < 4.78 is 0. The van der Waals surface area contributed by atoms with Crippen molar-refractivity contribution in [1.82, 2.24) is 0 Å². The monoisotopic (exact) mass is 425 g/mol. The molecule has 1 rings (SSSR count).